The second-order valence-electron chi connectivity index (χ2n) is 6.62. The lowest BCUT2D eigenvalue weighted by Crippen LogP contribution is -2.34. The number of aromatic nitrogens is 1. The summed E-state index contributed by atoms with van der Waals surface area (Å²) in [4.78, 5) is 16.6. The van der Waals surface area contributed by atoms with Crippen molar-refractivity contribution in [1.29, 1.82) is 0 Å². The van der Waals surface area contributed by atoms with Crippen LogP contribution in [0.3, 0.4) is 0 Å². The van der Waals surface area contributed by atoms with E-state index in [-0.39, 0.29) is 30.7 Å². The lowest BCUT2D eigenvalue weighted by molar-refractivity contribution is -0.117. The maximum Gasteiger partial charge on any atom is 0.224 e. The van der Waals surface area contributed by atoms with E-state index >= 15 is 0 Å². The van der Waals surface area contributed by atoms with Gasteiger partial charge in [0, 0.05) is 18.7 Å². The molecule has 1 fully saturated rings. The van der Waals surface area contributed by atoms with Crippen molar-refractivity contribution >= 4 is 36.4 Å². The Bertz CT molecular complexity index is 695. The first-order chi connectivity index (χ1) is 12.2. The van der Waals surface area contributed by atoms with E-state index in [1.165, 1.54) is 12.8 Å². The maximum absolute atomic E-state index is 12.5. The predicted molar refractivity (Wildman–Crippen MR) is 113 cm³/mol. The van der Waals surface area contributed by atoms with Crippen LogP contribution in [0, 0.1) is 11.8 Å². The minimum absolute atomic E-state index is 0. The highest BCUT2D eigenvalue weighted by atomic mass is 35.5. The monoisotopic (exact) mass is 411 g/mol. The van der Waals surface area contributed by atoms with E-state index in [9.17, 15) is 4.79 Å². The molecule has 1 aliphatic rings. The second kappa shape index (κ2) is 11.8. The zero-order valence-corrected chi connectivity index (χ0v) is 17.0. The molecule has 5 nitrogen and oxygen atoms in total. The molecule has 7 heteroatoms. The third kappa shape index (κ3) is 7.01. The quantitative estimate of drug-likeness (QED) is 0.723. The molecule has 3 rings (SSSR count). The minimum Gasteiger partial charge on any atom is -0.455 e. The molecule has 0 spiro atoms. The minimum atomic E-state index is 0. The highest BCUT2D eigenvalue weighted by Gasteiger charge is 2.22. The van der Waals surface area contributed by atoms with Gasteiger partial charge in [0.05, 0.1) is 6.20 Å². The van der Waals surface area contributed by atoms with Gasteiger partial charge < -0.3 is 15.4 Å². The van der Waals surface area contributed by atoms with Gasteiger partial charge in [0.2, 0.25) is 5.91 Å². The zero-order chi connectivity index (χ0) is 17.5. The van der Waals surface area contributed by atoms with E-state index in [1.54, 1.807) is 18.5 Å². The van der Waals surface area contributed by atoms with E-state index < -0.39 is 0 Å². The number of hydrogen-bond acceptors (Lipinski definition) is 4. The van der Waals surface area contributed by atoms with Crippen LogP contribution in [-0.4, -0.2) is 24.0 Å². The van der Waals surface area contributed by atoms with Gasteiger partial charge in [-0.15, -0.1) is 24.8 Å². The first kappa shape index (κ1) is 23.2. The molecular formula is C20H27Cl2N3O2. The Hall–Kier alpha value is -1.82. The van der Waals surface area contributed by atoms with Gasteiger partial charge in [-0.2, -0.15) is 0 Å². The summed E-state index contributed by atoms with van der Waals surface area (Å²) in [7, 11) is 0. The van der Waals surface area contributed by atoms with Gasteiger partial charge in [-0.3, -0.25) is 9.78 Å². The Kier molecular flexibility index (Phi) is 10.1. The molecule has 27 heavy (non-hydrogen) atoms. The number of anilines is 1. The Balaban J connectivity index is 0.00000182. The standard InChI is InChI=1S/C20H25N3O2.2ClH/c1-15(16-6-5-10-21-13-16)12-20(24)23-18-14-22-11-9-19(18)25-17-7-3-2-4-8-17;;/h2-4,7-9,11,14-16,21H,5-6,10,12-13H2,1H3,(H,23,24);2*1H. The lowest BCUT2D eigenvalue weighted by atomic mass is 9.85. The SMILES string of the molecule is CC(CC(=O)Nc1cnccc1Oc1ccccc1)C1CCCNC1.Cl.Cl. The summed E-state index contributed by atoms with van der Waals surface area (Å²) >= 11 is 0. The second-order valence-corrected chi connectivity index (χ2v) is 6.62. The molecule has 148 valence electrons. The number of amides is 1. The van der Waals surface area contributed by atoms with Gasteiger partial charge in [0.1, 0.15) is 11.4 Å². The van der Waals surface area contributed by atoms with Crippen LogP contribution >= 0.6 is 24.8 Å². The molecule has 1 amide bonds. The largest absolute Gasteiger partial charge is 0.455 e. The van der Waals surface area contributed by atoms with E-state index in [2.05, 4.69) is 22.5 Å². The molecule has 1 saturated heterocycles. The molecule has 0 bridgehead atoms. The van der Waals surface area contributed by atoms with E-state index in [0.717, 1.165) is 18.8 Å². The molecule has 0 saturated carbocycles. The van der Waals surface area contributed by atoms with E-state index in [0.29, 0.717) is 29.7 Å². The number of nitrogens with one attached hydrogen (secondary N) is 2. The first-order valence-electron chi connectivity index (χ1n) is 8.90. The zero-order valence-electron chi connectivity index (χ0n) is 15.4. The van der Waals surface area contributed by atoms with Crippen LogP contribution < -0.4 is 15.4 Å². The number of pyridine rings is 1. The van der Waals surface area contributed by atoms with E-state index in [1.807, 2.05) is 30.3 Å². The summed E-state index contributed by atoms with van der Waals surface area (Å²) < 4.78 is 5.87. The summed E-state index contributed by atoms with van der Waals surface area (Å²) in [6, 6.07) is 11.3. The molecule has 1 aliphatic heterocycles. The topological polar surface area (TPSA) is 63.2 Å². The number of ether oxygens (including phenoxy) is 1. The fraction of sp³-hybridized carbons (Fsp3) is 0.400. The van der Waals surface area contributed by atoms with Crippen molar-refractivity contribution in [3.05, 3.63) is 48.8 Å². The maximum atomic E-state index is 12.5. The Labute approximate surface area is 173 Å². The number of hydrogen-bond donors (Lipinski definition) is 2. The van der Waals surface area contributed by atoms with Gasteiger partial charge >= 0.3 is 0 Å². The van der Waals surface area contributed by atoms with Crippen molar-refractivity contribution in [3.8, 4) is 11.5 Å². The summed E-state index contributed by atoms with van der Waals surface area (Å²) in [6.07, 6.45) is 6.17. The summed E-state index contributed by atoms with van der Waals surface area (Å²) in [5.74, 6) is 2.24. The average molecular weight is 412 g/mol. The highest BCUT2D eigenvalue weighted by Crippen LogP contribution is 2.29. The highest BCUT2D eigenvalue weighted by molar-refractivity contribution is 5.92. The fourth-order valence-electron chi connectivity index (χ4n) is 3.20. The smallest absolute Gasteiger partial charge is 0.224 e. The van der Waals surface area contributed by atoms with Gasteiger partial charge in [-0.05, 0) is 49.9 Å². The van der Waals surface area contributed by atoms with Crippen molar-refractivity contribution in [2.45, 2.75) is 26.2 Å². The molecule has 2 heterocycles. The van der Waals surface area contributed by atoms with Crippen LogP contribution in [0.2, 0.25) is 0 Å². The van der Waals surface area contributed by atoms with Crippen LogP contribution in [0.4, 0.5) is 5.69 Å². The molecule has 2 unspecified atom stereocenters. The van der Waals surface area contributed by atoms with Crippen molar-refractivity contribution in [2.75, 3.05) is 18.4 Å². The summed E-state index contributed by atoms with van der Waals surface area (Å²) in [5.41, 5.74) is 0.602. The lowest BCUT2D eigenvalue weighted by Gasteiger charge is -2.28. The van der Waals surface area contributed by atoms with Crippen LogP contribution in [0.5, 0.6) is 11.5 Å². The van der Waals surface area contributed by atoms with Gasteiger partial charge in [0.15, 0.2) is 5.75 Å². The van der Waals surface area contributed by atoms with Gasteiger partial charge in [0.25, 0.3) is 0 Å². The number of carbonyl (C=O) groups is 1. The van der Waals surface area contributed by atoms with Crippen LogP contribution in [0.25, 0.3) is 0 Å². The third-order valence-corrected chi connectivity index (χ3v) is 4.67. The molecule has 1 aromatic heterocycles. The number of halogens is 2. The number of nitrogens with zero attached hydrogens (tertiary/aromatic N) is 1. The Morgan fingerprint density at radius 2 is 2.07 bits per heavy atom. The number of piperidine rings is 1. The number of carbonyl (C=O) groups excluding carboxylic acids is 1. The summed E-state index contributed by atoms with van der Waals surface area (Å²) in [6.45, 7) is 4.25. The normalized spacial score (nSPS) is 17.0. The molecule has 1 aromatic carbocycles. The number of benzene rings is 1. The van der Waals surface area contributed by atoms with Crippen LogP contribution in [0.1, 0.15) is 26.2 Å². The average Bonchev–Trinajstić information content (AvgIpc) is 2.65. The molecule has 2 aromatic rings. The van der Waals surface area contributed by atoms with Crippen molar-refractivity contribution in [1.82, 2.24) is 10.3 Å². The predicted octanol–water partition coefficient (Wildman–Crippen LogP) is 4.68. The Morgan fingerprint density at radius 1 is 1.30 bits per heavy atom. The number of rotatable bonds is 6. The van der Waals surface area contributed by atoms with Crippen LogP contribution in [-0.2, 0) is 4.79 Å². The van der Waals surface area contributed by atoms with E-state index in [4.69, 9.17) is 4.74 Å². The molecule has 0 aliphatic carbocycles. The fourth-order valence-corrected chi connectivity index (χ4v) is 3.20. The molecule has 2 N–H and O–H groups in total. The van der Waals surface area contributed by atoms with Crippen LogP contribution in [0.15, 0.2) is 48.8 Å². The van der Waals surface area contributed by atoms with Gasteiger partial charge in [-0.25, -0.2) is 0 Å². The van der Waals surface area contributed by atoms with Crippen molar-refractivity contribution in [2.24, 2.45) is 11.8 Å². The number of para-hydroxylation sites is 1. The van der Waals surface area contributed by atoms with Crippen molar-refractivity contribution in [3.63, 3.8) is 0 Å². The molecular weight excluding hydrogens is 385 g/mol. The Morgan fingerprint density at radius 3 is 2.78 bits per heavy atom. The third-order valence-electron chi connectivity index (χ3n) is 4.67. The molecule has 0 radical (unpaired) electrons. The summed E-state index contributed by atoms with van der Waals surface area (Å²) in [5, 5.41) is 6.37. The van der Waals surface area contributed by atoms with Gasteiger partial charge in [-0.1, -0.05) is 25.1 Å². The van der Waals surface area contributed by atoms with Crippen molar-refractivity contribution < 1.29 is 9.53 Å². The first-order valence-corrected chi connectivity index (χ1v) is 8.90. The molecule has 2 atom stereocenters.